The van der Waals surface area contributed by atoms with Crippen LogP contribution in [0.3, 0.4) is 0 Å². The van der Waals surface area contributed by atoms with E-state index in [1.165, 1.54) is 12.1 Å². The fourth-order valence-electron chi connectivity index (χ4n) is 3.85. The predicted octanol–water partition coefficient (Wildman–Crippen LogP) is 5.55. The first kappa shape index (κ1) is 24.0. The molecule has 0 fully saturated rings. The van der Waals surface area contributed by atoms with Gasteiger partial charge in [-0.25, -0.2) is 0 Å². The number of nitrogens with one attached hydrogen (secondary N) is 2. The second-order valence-electron chi connectivity index (χ2n) is 7.85. The normalized spacial score (nSPS) is 11.4. The number of hydrogen-bond donors (Lipinski definition) is 3. The third-order valence-electron chi connectivity index (χ3n) is 5.44. The van der Waals surface area contributed by atoms with Gasteiger partial charge < -0.3 is 20.3 Å². The molecule has 0 spiro atoms. The van der Waals surface area contributed by atoms with Crippen LogP contribution in [0.2, 0.25) is 0 Å². The lowest BCUT2D eigenvalue weighted by Crippen LogP contribution is -2.18. The lowest BCUT2D eigenvalue weighted by atomic mass is 10.1. The molecule has 0 saturated heterocycles. The molecule has 35 heavy (non-hydrogen) atoms. The van der Waals surface area contributed by atoms with Crippen molar-refractivity contribution < 1.29 is 27.9 Å². The summed E-state index contributed by atoms with van der Waals surface area (Å²) < 4.78 is 41.7. The topological polar surface area (TPSA) is 83.4 Å². The third-order valence-corrected chi connectivity index (χ3v) is 5.44. The Morgan fingerprint density at radius 1 is 0.829 bits per heavy atom. The SMILES string of the molecule is O=C(Nc1ccc2c(c1)cc(C(=O)Nc1ccccc1)n2CCCO)c1ccccc1C(F)(F)F. The number of aliphatic hydroxyl groups excluding tert-OH is 1. The van der Waals surface area contributed by atoms with Crippen LogP contribution in [-0.4, -0.2) is 28.1 Å². The molecular formula is C26H22F3N3O3. The first-order valence-corrected chi connectivity index (χ1v) is 10.9. The number of hydrogen-bond acceptors (Lipinski definition) is 3. The molecule has 0 unspecified atom stereocenters. The average molecular weight is 481 g/mol. The van der Waals surface area contributed by atoms with Crippen LogP contribution >= 0.6 is 0 Å². The number of carbonyl (C=O) groups excluding carboxylic acids is 2. The zero-order valence-corrected chi connectivity index (χ0v) is 18.5. The molecule has 0 atom stereocenters. The number of benzene rings is 3. The van der Waals surface area contributed by atoms with Gasteiger partial charge in [0.05, 0.1) is 11.1 Å². The van der Waals surface area contributed by atoms with Gasteiger partial charge in [0.1, 0.15) is 5.69 Å². The minimum atomic E-state index is -4.66. The number of para-hydroxylation sites is 1. The largest absolute Gasteiger partial charge is 0.417 e. The van der Waals surface area contributed by atoms with Crippen LogP contribution in [0.25, 0.3) is 10.9 Å². The molecule has 0 radical (unpaired) electrons. The number of amides is 2. The first-order valence-electron chi connectivity index (χ1n) is 10.9. The number of aliphatic hydroxyl groups is 1. The van der Waals surface area contributed by atoms with E-state index in [4.69, 9.17) is 0 Å². The van der Waals surface area contributed by atoms with E-state index in [1.54, 1.807) is 53.1 Å². The van der Waals surface area contributed by atoms with Crippen molar-refractivity contribution >= 4 is 34.1 Å². The Morgan fingerprint density at radius 3 is 2.23 bits per heavy atom. The number of fused-ring (bicyclic) bond motifs is 1. The van der Waals surface area contributed by atoms with E-state index in [9.17, 15) is 27.9 Å². The number of carbonyl (C=O) groups is 2. The maximum absolute atomic E-state index is 13.3. The van der Waals surface area contributed by atoms with Gasteiger partial charge in [-0.05, 0) is 55.0 Å². The second kappa shape index (κ2) is 10.0. The summed E-state index contributed by atoms with van der Waals surface area (Å²) in [6.07, 6.45) is -4.25. The highest BCUT2D eigenvalue weighted by Crippen LogP contribution is 2.32. The second-order valence-corrected chi connectivity index (χ2v) is 7.85. The molecule has 1 heterocycles. The molecule has 6 nitrogen and oxygen atoms in total. The van der Waals surface area contributed by atoms with Crippen molar-refractivity contribution in [2.45, 2.75) is 19.1 Å². The van der Waals surface area contributed by atoms with Crippen LogP contribution in [0.15, 0.2) is 78.9 Å². The van der Waals surface area contributed by atoms with Crippen LogP contribution < -0.4 is 10.6 Å². The molecule has 3 N–H and O–H groups in total. The monoisotopic (exact) mass is 481 g/mol. The van der Waals surface area contributed by atoms with Gasteiger partial charge >= 0.3 is 6.18 Å². The highest BCUT2D eigenvalue weighted by atomic mass is 19.4. The summed E-state index contributed by atoms with van der Waals surface area (Å²) in [7, 11) is 0. The first-order chi connectivity index (χ1) is 16.8. The zero-order valence-electron chi connectivity index (χ0n) is 18.5. The van der Waals surface area contributed by atoms with Gasteiger partial charge in [0.15, 0.2) is 0 Å². The molecule has 0 saturated carbocycles. The summed E-state index contributed by atoms with van der Waals surface area (Å²) in [6, 6.07) is 20.0. The Kier molecular flexibility index (Phi) is 6.88. The summed E-state index contributed by atoms with van der Waals surface area (Å²) >= 11 is 0. The smallest absolute Gasteiger partial charge is 0.396 e. The predicted molar refractivity (Wildman–Crippen MR) is 127 cm³/mol. The van der Waals surface area contributed by atoms with Crippen molar-refractivity contribution in [1.29, 1.82) is 0 Å². The van der Waals surface area contributed by atoms with Gasteiger partial charge in [0, 0.05) is 35.4 Å². The zero-order chi connectivity index (χ0) is 25.0. The van der Waals surface area contributed by atoms with E-state index in [0.717, 1.165) is 12.1 Å². The highest BCUT2D eigenvalue weighted by molar-refractivity contribution is 6.08. The molecular weight excluding hydrogens is 459 g/mol. The van der Waals surface area contributed by atoms with Crippen LogP contribution in [0.1, 0.15) is 32.8 Å². The van der Waals surface area contributed by atoms with Gasteiger partial charge in [-0.15, -0.1) is 0 Å². The van der Waals surface area contributed by atoms with E-state index in [1.807, 2.05) is 6.07 Å². The molecule has 0 aliphatic heterocycles. The number of alkyl halides is 3. The molecule has 0 aliphatic rings. The minimum absolute atomic E-state index is 0.0633. The summed E-state index contributed by atoms with van der Waals surface area (Å²) in [6.45, 7) is 0.314. The Balaban J connectivity index is 1.65. The van der Waals surface area contributed by atoms with Crippen molar-refractivity contribution in [2.24, 2.45) is 0 Å². The fraction of sp³-hybridized carbons (Fsp3) is 0.154. The van der Waals surface area contributed by atoms with E-state index in [2.05, 4.69) is 10.6 Å². The van der Waals surface area contributed by atoms with Gasteiger partial charge in [0.25, 0.3) is 11.8 Å². The molecule has 9 heteroatoms. The molecule has 0 bridgehead atoms. The van der Waals surface area contributed by atoms with Gasteiger partial charge in [0.2, 0.25) is 0 Å². The Bertz CT molecular complexity index is 1360. The van der Waals surface area contributed by atoms with Crippen molar-refractivity contribution in [3.63, 3.8) is 0 Å². The highest BCUT2D eigenvalue weighted by Gasteiger charge is 2.34. The number of aromatic nitrogens is 1. The summed E-state index contributed by atoms with van der Waals surface area (Å²) in [4.78, 5) is 25.6. The van der Waals surface area contributed by atoms with E-state index >= 15 is 0 Å². The van der Waals surface area contributed by atoms with Crippen molar-refractivity contribution in [2.75, 3.05) is 17.2 Å². The molecule has 4 rings (SSSR count). The van der Waals surface area contributed by atoms with Gasteiger partial charge in [-0.3, -0.25) is 9.59 Å². The maximum Gasteiger partial charge on any atom is 0.417 e. The van der Waals surface area contributed by atoms with Crippen molar-refractivity contribution in [3.8, 4) is 0 Å². The Labute approximate surface area is 199 Å². The van der Waals surface area contributed by atoms with Crippen molar-refractivity contribution in [1.82, 2.24) is 4.57 Å². The van der Waals surface area contributed by atoms with Gasteiger partial charge in [-0.2, -0.15) is 13.2 Å². The molecule has 2 amide bonds. The number of anilines is 2. The van der Waals surface area contributed by atoms with E-state index in [0.29, 0.717) is 35.2 Å². The number of aryl methyl sites for hydroxylation is 1. The molecule has 1 aromatic heterocycles. The molecule has 3 aromatic carbocycles. The standard InChI is InChI=1S/C26H22F3N3O3/c27-26(28,29)21-10-5-4-9-20(21)24(34)31-19-11-12-22-17(15-19)16-23(32(22)13-6-14-33)25(35)30-18-7-2-1-3-8-18/h1-5,7-12,15-16,33H,6,13-14H2,(H,30,35)(H,31,34). The van der Waals surface area contributed by atoms with Crippen LogP contribution in [0, 0.1) is 0 Å². The van der Waals surface area contributed by atoms with Crippen LogP contribution in [0.4, 0.5) is 24.5 Å². The van der Waals surface area contributed by atoms with E-state index in [-0.39, 0.29) is 18.2 Å². The number of nitrogens with zero attached hydrogens (tertiary/aromatic N) is 1. The fourth-order valence-corrected chi connectivity index (χ4v) is 3.85. The summed E-state index contributed by atoms with van der Waals surface area (Å²) in [5.41, 5.74) is 0.437. The molecule has 0 aliphatic carbocycles. The van der Waals surface area contributed by atoms with Crippen molar-refractivity contribution in [3.05, 3.63) is 95.7 Å². The summed E-state index contributed by atoms with van der Waals surface area (Å²) in [5.74, 6) is -1.24. The lowest BCUT2D eigenvalue weighted by molar-refractivity contribution is -0.137. The Morgan fingerprint density at radius 2 is 1.51 bits per heavy atom. The third kappa shape index (κ3) is 5.36. The number of rotatable bonds is 7. The van der Waals surface area contributed by atoms with Crippen LogP contribution in [0.5, 0.6) is 0 Å². The maximum atomic E-state index is 13.3. The Hall–Kier alpha value is -4.11. The quantitative estimate of drug-likeness (QED) is 0.324. The summed E-state index contributed by atoms with van der Waals surface area (Å²) in [5, 5.41) is 15.2. The van der Waals surface area contributed by atoms with Crippen LogP contribution in [-0.2, 0) is 12.7 Å². The minimum Gasteiger partial charge on any atom is -0.396 e. The van der Waals surface area contributed by atoms with E-state index < -0.39 is 23.2 Å². The molecule has 4 aromatic rings. The number of halogens is 3. The average Bonchev–Trinajstić information content (AvgIpc) is 3.20. The van der Waals surface area contributed by atoms with Gasteiger partial charge in [-0.1, -0.05) is 30.3 Å². The lowest BCUT2D eigenvalue weighted by Gasteiger charge is -2.13. The molecule has 180 valence electrons.